The molecule has 0 radical (unpaired) electrons. The van der Waals surface area contributed by atoms with Crippen LogP contribution >= 0.6 is 0 Å². The molecule has 1 atom stereocenters. The first-order valence-corrected chi connectivity index (χ1v) is 14.4. The Labute approximate surface area is 252 Å². The highest BCUT2D eigenvalue weighted by Gasteiger charge is 2.13. The summed E-state index contributed by atoms with van der Waals surface area (Å²) < 4.78 is 33.1. The third-order valence-corrected chi connectivity index (χ3v) is 6.35. The van der Waals surface area contributed by atoms with Crippen LogP contribution in [-0.4, -0.2) is 57.5 Å². The molecule has 1 heterocycles. The Kier molecular flexibility index (Phi) is 12.8. The van der Waals surface area contributed by atoms with E-state index in [2.05, 4.69) is 11.6 Å². The first-order chi connectivity index (χ1) is 21.1. The number of benzene rings is 3. The number of ether oxygens (including phenoxy) is 6. The van der Waals surface area contributed by atoms with Gasteiger partial charge in [-0.15, -0.1) is 0 Å². The smallest absolute Gasteiger partial charge is 0.343 e. The van der Waals surface area contributed by atoms with Crippen molar-refractivity contribution in [3.63, 3.8) is 0 Å². The Hall–Kier alpha value is -4.47. The number of esters is 2. The van der Waals surface area contributed by atoms with Crippen LogP contribution in [0.25, 0.3) is 0 Å². The summed E-state index contributed by atoms with van der Waals surface area (Å²) in [6.07, 6.45) is 7.40. The van der Waals surface area contributed by atoms with E-state index in [4.69, 9.17) is 28.4 Å². The number of aliphatic imine (C=N–C) groups is 1. The van der Waals surface area contributed by atoms with Gasteiger partial charge in [0.25, 0.3) is 0 Å². The monoisotopic (exact) mass is 587 g/mol. The van der Waals surface area contributed by atoms with Crippen molar-refractivity contribution in [2.24, 2.45) is 4.99 Å². The van der Waals surface area contributed by atoms with Gasteiger partial charge in [0.1, 0.15) is 17.2 Å². The lowest BCUT2D eigenvalue weighted by Crippen LogP contribution is -2.23. The van der Waals surface area contributed by atoms with Crippen LogP contribution in [0.15, 0.2) is 90.4 Å². The molecule has 0 spiro atoms. The highest BCUT2D eigenvalue weighted by molar-refractivity contribution is 5.91. The van der Waals surface area contributed by atoms with Gasteiger partial charge >= 0.3 is 11.9 Å². The summed E-state index contributed by atoms with van der Waals surface area (Å²) in [5.74, 6) is 0.866. The fourth-order valence-corrected chi connectivity index (χ4v) is 4.04. The molecular weight excluding hydrogens is 550 g/mol. The van der Waals surface area contributed by atoms with Crippen molar-refractivity contribution in [2.45, 2.75) is 38.4 Å². The second kappa shape index (κ2) is 17.5. The Morgan fingerprint density at radius 1 is 0.814 bits per heavy atom. The predicted molar refractivity (Wildman–Crippen MR) is 162 cm³/mol. The summed E-state index contributed by atoms with van der Waals surface area (Å²) in [5, 5.41) is 0. The minimum Gasteiger partial charge on any atom is -0.494 e. The number of nitrogens with zero attached hydrogens (tertiary/aromatic N) is 1. The fourth-order valence-electron chi connectivity index (χ4n) is 4.04. The van der Waals surface area contributed by atoms with Crippen LogP contribution < -0.4 is 14.2 Å². The number of hydrogen-bond acceptors (Lipinski definition) is 9. The SMILES string of the molecule is C=CC(=O)OCCCOc1ccc(C(=O)Oc2ccc(N=Cc3ccc(OCCCOC4CCCCO4)cc3)cc2)cc1. The number of hydrogen-bond donors (Lipinski definition) is 0. The Morgan fingerprint density at radius 2 is 1.47 bits per heavy atom. The zero-order valence-corrected chi connectivity index (χ0v) is 24.2. The molecule has 0 saturated carbocycles. The van der Waals surface area contributed by atoms with Gasteiger partial charge in [-0.3, -0.25) is 4.99 Å². The van der Waals surface area contributed by atoms with Gasteiger partial charge in [0.2, 0.25) is 0 Å². The normalized spacial score (nSPS) is 14.7. The highest BCUT2D eigenvalue weighted by Crippen LogP contribution is 2.21. The molecule has 3 aromatic carbocycles. The first kappa shape index (κ1) is 31.5. The first-order valence-electron chi connectivity index (χ1n) is 14.4. The Bertz CT molecular complexity index is 1310. The van der Waals surface area contributed by atoms with Crippen LogP contribution in [0.1, 0.15) is 48.0 Å². The lowest BCUT2D eigenvalue weighted by Gasteiger charge is -2.22. The van der Waals surface area contributed by atoms with Gasteiger partial charge in [-0.25, -0.2) is 9.59 Å². The average Bonchev–Trinajstić information content (AvgIpc) is 3.05. The van der Waals surface area contributed by atoms with Crippen LogP contribution in [0.2, 0.25) is 0 Å². The second-order valence-corrected chi connectivity index (χ2v) is 9.68. The van der Waals surface area contributed by atoms with E-state index in [-0.39, 0.29) is 12.9 Å². The second-order valence-electron chi connectivity index (χ2n) is 9.68. The molecule has 1 saturated heterocycles. The molecule has 0 amide bonds. The molecule has 9 heteroatoms. The Balaban J connectivity index is 1.14. The van der Waals surface area contributed by atoms with Crippen LogP contribution in [0.5, 0.6) is 17.2 Å². The third kappa shape index (κ3) is 11.4. The topological polar surface area (TPSA) is 102 Å². The van der Waals surface area contributed by atoms with Gasteiger partial charge in [-0.2, -0.15) is 0 Å². The van der Waals surface area contributed by atoms with Gasteiger partial charge < -0.3 is 28.4 Å². The predicted octanol–water partition coefficient (Wildman–Crippen LogP) is 6.47. The minimum atomic E-state index is -0.479. The van der Waals surface area contributed by atoms with Gasteiger partial charge in [0.15, 0.2) is 6.29 Å². The largest absolute Gasteiger partial charge is 0.494 e. The van der Waals surface area contributed by atoms with E-state index in [9.17, 15) is 9.59 Å². The maximum absolute atomic E-state index is 12.5. The lowest BCUT2D eigenvalue weighted by molar-refractivity contribution is -0.163. The summed E-state index contributed by atoms with van der Waals surface area (Å²) in [6, 6.07) is 21.3. The summed E-state index contributed by atoms with van der Waals surface area (Å²) >= 11 is 0. The third-order valence-electron chi connectivity index (χ3n) is 6.35. The average molecular weight is 588 g/mol. The molecule has 0 bridgehead atoms. The molecule has 0 N–H and O–H groups in total. The van der Waals surface area contributed by atoms with Gasteiger partial charge in [0, 0.05) is 31.7 Å². The molecule has 1 unspecified atom stereocenters. The van der Waals surface area contributed by atoms with Crippen LogP contribution in [0.4, 0.5) is 5.69 Å². The van der Waals surface area contributed by atoms with E-state index in [0.29, 0.717) is 43.3 Å². The number of carbonyl (C=O) groups is 2. The zero-order chi connectivity index (χ0) is 30.1. The molecule has 0 aliphatic carbocycles. The summed E-state index contributed by atoms with van der Waals surface area (Å²) in [4.78, 5) is 28.0. The Morgan fingerprint density at radius 3 is 2.12 bits per heavy atom. The standard InChI is InChI=1S/C34H37NO8/c1-2-32(36)40-23-5-21-39-30-16-10-27(11-17-30)34(37)43-31-18-12-28(13-19-31)35-25-26-8-14-29(15-9-26)38-22-6-24-42-33-7-3-4-20-41-33/h2,8-19,25,33H,1,3-7,20-24H2. The maximum atomic E-state index is 12.5. The van der Waals surface area contributed by atoms with Crippen LogP contribution in [0, 0.1) is 0 Å². The molecular formula is C34H37NO8. The molecule has 3 aromatic rings. The molecule has 43 heavy (non-hydrogen) atoms. The van der Waals surface area contributed by atoms with E-state index in [1.54, 1.807) is 54.7 Å². The van der Waals surface area contributed by atoms with Gasteiger partial charge in [-0.1, -0.05) is 6.58 Å². The van der Waals surface area contributed by atoms with Crippen molar-refractivity contribution >= 4 is 23.8 Å². The van der Waals surface area contributed by atoms with E-state index in [1.807, 2.05) is 24.3 Å². The zero-order valence-electron chi connectivity index (χ0n) is 24.2. The molecule has 9 nitrogen and oxygen atoms in total. The van der Waals surface area contributed by atoms with Crippen LogP contribution in [0.3, 0.4) is 0 Å². The fraction of sp³-hybridized carbons (Fsp3) is 0.324. The van der Waals surface area contributed by atoms with Crippen molar-refractivity contribution < 1.29 is 38.0 Å². The van der Waals surface area contributed by atoms with E-state index in [1.165, 1.54) is 0 Å². The molecule has 1 aliphatic rings. The lowest BCUT2D eigenvalue weighted by atomic mass is 10.2. The molecule has 226 valence electrons. The minimum absolute atomic E-state index is 0.0653. The van der Waals surface area contributed by atoms with Gasteiger partial charge in [-0.05, 0) is 97.6 Å². The quantitative estimate of drug-likeness (QED) is 0.0618. The molecule has 1 aliphatic heterocycles. The van der Waals surface area contributed by atoms with Crippen molar-refractivity contribution in [3.8, 4) is 17.2 Å². The molecule has 4 rings (SSSR count). The van der Waals surface area contributed by atoms with Gasteiger partial charge in [0.05, 0.1) is 37.7 Å². The highest BCUT2D eigenvalue weighted by atomic mass is 16.7. The summed E-state index contributed by atoms with van der Waals surface area (Å²) in [7, 11) is 0. The summed E-state index contributed by atoms with van der Waals surface area (Å²) in [6.45, 7) is 5.94. The van der Waals surface area contributed by atoms with E-state index >= 15 is 0 Å². The van der Waals surface area contributed by atoms with Crippen molar-refractivity contribution in [1.82, 2.24) is 0 Å². The number of carbonyl (C=O) groups excluding carboxylic acids is 2. The van der Waals surface area contributed by atoms with Crippen molar-refractivity contribution in [2.75, 3.05) is 33.0 Å². The molecule has 0 aromatic heterocycles. The van der Waals surface area contributed by atoms with Crippen LogP contribution in [-0.2, 0) is 19.0 Å². The van der Waals surface area contributed by atoms with Crippen molar-refractivity contribution in [1.29, 1.82) is 0 Å². The van der Waals surface area contributed by atoms with E-state index in [0.717, 1.165) is 55.4 Å². The molecule has 1 fully saturated rings. The van der Waals surface area contributed by atoms with E-state index < -0.39 is 11.9 Å². The summed E-state index contributed by atoms with van der Waals surface area (Å²) in [5.41, 5.74) is 2.05. The number of rotatable bonds is 16. The van der Waals surface area contributed by atoms with Crippen molar-refractivity contribution in [3.05, 3.63) is 96.6 Å². The maximum Gasteiger partial charge on any atom is 0.343 e.